The standard InChI is InChI=1S/C62H45N3/c1-5-39(36-63-59-38(2)46-20-6-7-21-47(46)48-22-8-11-25-53(48)59)40-16-14-17-41(32-40)42-18-15-19-43(33-42)44-28-30-51-52-31-29-45(35-57(52)62(3,4)56(51)34-44)58-37-64-60-54-26-12-9-23-49(54)50-24-10-13-27-55(50)61(60)65-58/h6-37H,2,5H2,1,3-4H3/b39-36+,63-59?. The molecule has 2 aliphatic rings. The van der Waals surface area contributed by atoms with Crippen molar-refractivity contribution in [2.24, 2.45) is 4.99 Å². The van der Waals surface area contributed by atoms with Gasteiger partial charge in [0.25, 0.3) is 0 Å². The van der Waals surface area contributed by atoms with Gasteiger partial charge >= 0.3 is 0 Å². The van der Waals surface area contributed by atoms with E-state index >= 15 is 0 Å². The molecule has 65 heavy (non-hydrogen) atoms. The van der Waals surface area contributed by atoms with E-state index in [4.69, 9.17) is 15.0 Å². The Morgan fingerprint density at radius 1 is 0.508 bits per heavy atom. The quantitative estimate of drug-likeness (QED) is 0.157. The van der Waals surface area contributed by atoms with E-state index in [2.05, 4.69) is 209 Å². The van der Waals surface area contributed by atoms with Crippen molar-refractivity contribution in [2.75, 3.05) is 0 Å². The van der Waals surface area contributed by atoms with Crippen LogP contribution in [-0.4, -0.2) is 15.7 Å². The molecule has 2 aliphatic carbocycles. The van der Waals surface area contributed by atoms with Crippen molar-refractivity contribution >= 4 is 49.4 Å². The van der Waals surface area contributed by atoms with Gasteiger partial charge in [-0.15, -0.1) is 0 Å². The number of allylic oxidation sites excluding steroid dienone is 2. The maximum absolute atomic E-state index is 5.32. The normalized spacial score (nSPS) is 14.4. The van der Waals surface area contributed by atoms with Crippen molar-refractivity contribution in [1.29, 1.82) is 0 Å². The van der Waals surface area contributed by atoms with Gasteiger partial charge < -0.3 is 0 Å². The monoisotopic (exact) mass is 831 g/mol. The van der Waals surface area contributed by atoms with Crippen LogP contribution in [0, 0.1) is 0 Å². The van der Waals surface area contributed by atoms with E-state index in [-0.39, 0.29) is 5.41 Å². The van der Waals surface area contributed by atoms with Crippen LogP contribution in [0.1, 0.15) is 55.0 Å². The summed E-state index contributed by atoms with van der Waals surface area (Å²) in [6, 6.07) is 65.8. The zero-order chi connectivity index (χ0) is 43.8. The minimum Gasteiger partial charge on any atom is -0.255 e. The van der Waals surface area contributed by atoms with Gasteiger partial charge in [-0.25, -0.2) is 4.98 Å². The lowest BCUT2D eigenvalue weighted by molar-refractivity contribution is 0.661. The third-order valence-corrected chi connectivity index (χ3v) is 13.9. The Morgan fingerprint density at radius 3 is 1.71 bits per heavy atom. The Hall–Kier alpha value is -8.01. The van der Waals surface area contributed by atoms with Crippen LogP contribution in [0.15, 0.2) is 206 Å². The lowest BCUT2D eigenvalue weighted by Crippen LogP contribution is -2.15. The molecule has 10 aromatic rings. The molecule has 308 valence electrons. The van der Waals surface area contributed by atoms with Gasteiger partial charge in [0.15, 0.2) is 0 Å². The van der Waals surface area contributed by atoms with Crippen molar-refractivity contribution < 1.29 is 0 Å². The SMILES string of the molecule is C=C1C(=N/C=C(\CC)c2cccc(-c3cccc(-c4ccc5c(c4)C(C)(C)c4cc(-c6cnc7c8ccccc8c8ccccc8c7n6)ccc4-5)c3)c2)c2ccccc2-c2ccccc21. The highest BCUT2D eigenvalue weighted by atomic mass is 14.8. The highest BCUT2D eigenvalue weighted by Crippen LogP contribution is 2.51. The molecule has 3 heteroatoms. The first-order chi connectivity index (χ1) is 31.9. The van der Waals surface area contributed by atoms with Gasteiger partial charge in [0.2, 0.25) is 0 Å². The van der Waals surface area contributed by atoms with Gasteiger partial charge in [0.05, 0.1) is 28.6 Å². The Morgan fingerprint density at radius 2 is 1.03 bits per heavy atom. The second-order valence-electron chi connectivity index (χ2n) is 17.9. The molecular formula is C62H45N3. The van der Waals surface area contributed by atoms with E-state index in [9.17, 15) is 0 Å². The van der Waals surface area contributed by atoms with Crippen LogP contribution >= 0.6 is 0 Å². The molecule has 12 rings (SSSR count). The summed E-state index contributed by atoms with van der Waals surface area (Å²) >= 11 is 0. The van der Waals surface area contributed by atoms with E-state index in [1.807, 2.05) is 12.4 Å². The Bertz CT molecular complexity index is 3660. The van der Waals surface area contributed by atoms with Crippen molar-refractivity contribution in [3.05, 3.63) is 229 Å². The molecule has 3 nitrogen and oxygen atoms in total. The molecule has 0 aliphatic heterocycles. The van der Waals surface area contributed by atoms with Crippen LogP contribution in [0.2, 0.25) is 0 Å². The average Bonchev–Trinajstić information content (AvgIpc) is 3.59. The molecular weight excluding hydrogens is 787 g/mol. The number of hydrogen-bond donors (Lipinski definition) is 0. The fourth-order valence-electron chi connectivity index (χ4n) is 10.5. The molecule has 1 heterocycles. The zero-order valence-corrected chi connectivity index (χ0v) is 36.7. The lowest BCUT2D eigenvalue weighted by Gasteiger charge is -2.23. The van der Waals surface area contributed by atoms with E-state index in [0.717, 1.165) is 61.9 Å². The van der Waals surface area contributed by atoms with Crippen LogP contribution < -0.4 is 0 Å². The summed E-state index contributed by atoms with van der Waals surface area (Å²) in [5, 5.41) is 4.66. The highest BCUT2D eigenvalue weighted by Gasteiger charge is 2.36. The third kappa shape index (κ3) is 6.22. The summed E-state index contributed by atoms with van der Waals surface area (Å²) in [5.74, 6) is 0. The van der Waals surface area contributed by atoms with Crippen LogP contribution in [0.5, 0.6) is 0 Å². The molecule has 0 saturated carbocycles. The predicted octanol–water partition coefficient (Wildman–Crippen LogP) is 16.2. The predicted molar refractivity (Wildman–Crippen MR) is 274 cm³/mol. The summed E-state index contributed by atoms with van der Waals surface area (Å²) < 4.78 is 0. The van der Waals surface area contributed by atoms with Crippen LogP contribution in [0.25, 0.3) is 99.5 Å². The molecule has 0 bridgehead atoms. The lowest BCUT2D eigenvalue weighted by atomic mass is 9.81. The number of hydrogen-bond acceptors (Lipinski definition) is 3. The maximum atomic E-state index is 5.32. The van der Waals surface area contributed by atoms with E-state index in [1.54, 1.807) is 0 Å². The molecule has 0 saturated heterocycles. The van der Waals surface area contributed by atoms with E-state index in [0.29, 0.717) is 0 Å². The Kier molecular flexibility index (Phi) is 8.96. The van der Waals surface area contributed by atoms with Crippen LogP contribution in [0.4, 0.5) is 0 Å². The molecule has 0 unspecified atom stereocenters. The fourth-order valence-corrected chi connectivity index (χ4v) is 10.5. The first-order valence-electron chi connectivity index (χ1n) is 22.6. The average molecular weight is 832 g/mol. The van der Waals surface area contributed by atoms with Crippen molar-refractivity contribution in [3.8, 4) is 55.8 Å². The minimum atomic E-state index is -0.211. The van der Waals surface area contributed by atoms with E-state index < -0.39 is 0 Å². The zero-order valence-electron chi connectivity index (χ0n) is 36.7. The van der Waals surface area contributed by atoms with Crippen molar-refractivity contribution in [3.63, 3.8) is 0 Å². The van der Waals surface area contributed by atoms with E-state index in [1.165, 1.54) is 77.5 Å². The number of fused-ring (bicyclic) bond motifs is 12. The molecule has 9 aromatic carbocycles. The molecule has 0 spiro atoms. The fraction of sp³-hybridized carbons (Fsp3) is 0.0806. The molecule has 0 fully saturated rings. The summed E-state index contributed by atoms with van der Waals surface area (Å²) in [5.41, 5.74) is 22.5. The highest BCUT2D eigenvalue weighted by molar-refractivity contribution is 6.36. The number of aliphatic imine (C=N–C) groups is 1. The van der Waals surface area contributed by atoms with Gasteiger partial charge in [-0.05, 0) is 114 Å². The Balaban J connectivity index is 0.853. The Labute approximate surface area is 379 Å². The molecule has 0 N–H and O–H groups in total. The molecule has 0 atom stereocenters. The third-order valence-electron chi connectivity index (χ3n) is 13.9. The summed E-state index contributed by atoms with van der Waals surface area (Å²) in [6.45, 7) is 11.4. The number of benzene rings is 9. The van der Waals surface area contributed by atoms with Crippen molar-refractivity contribution in [2.45, 2.75) is 32.6 Å². The second-order valence-corrected chi connectivity index (χ2v) is 17.9. The van der Waals surface area contributed by atoms with Gasteiger partial charge in [-0.3, -0.25) is 9.98 Å². The molecule has 1 aromatic heterocycles. The number of aromatic nitrogens is 2. The topological polar surface area (TPSA) is 38.1 Å². The first kappa shape index (κ1) is 38.6. The van der Waals surface area contributed by atoms with Gasteiger partial charge in [-0.1, -0.05) is 185 Å². The summed E-state index contributed by atoms with van der Waals surface area (Å²) in [4.78, 5) is 15.6. The summed E-state index contributed by atoms with van der Waals surface area (Å²) in [6.07, 6.45) is 4.85. The van der Waals surface area contributed by atoms with Gasteiger partial charge in [0, 0.05) is 39.1 Å². The van der Waals surface area contributed by atoms with Crippen molar-refractivity contribution in [1.82, 2.24) is 9.97 Å². The largest absolute Gasteiger partial charge is 0.255 e. The smallest absolute Gasteiger partial charge is 0.0979 e. The van der Waals surface area contributed by atoms with Gasteiger partial charge in [0.1, 0.15) is 0 Å². The number of rotatable bonds is 6. The second kappa shape index (κ2) is 15.1. The maximum Gasteiger partial charge on any atom is 0.0979 e. The van der Waals surface area contributed by atoms with Gasteiger partial charge in [-0.2, -0.15) is 0 Å². The van der Waals surface area contributed by atoms with Crippen LogP contribution in [0.3, 0.4) is 0 Å². The first-order valence-corrected chi connectivity index (χ1v) is 22.6. The number of nitrogens with zero attached hydrogens (tertiary/aromatic N) is 3. The summed E-state index contributed by atoms with van der Waals surface area (Å²) in [7, 11) is 0. The molecule has 0 radical (unpaired) electrons. The minimum absolute atomic E-state index is 0.211. The van der Waals surface area contributed by atoms with Crippen LogP contribution in [-0.2, 0) is 5.41 Å². The molecule has 0 amide bonds.